The van der Waals surface area contributed by atoms with E-state index in [0.717, 1.165) is 6.42 Å². The average Bonchev–Trinajstić information content (AvgIpc) is 2.31. The molecule has 0 spiro atoms. The van der Waals surface area contributed by atoms with Crippen molar-refractivity contribution >= 4 is 23.2 Å². The minimum atomic E-state index is -0.535. The molecule has 5 heteroatoms. The standard InChI is InChI=1S/C12H14ClN3O/c1-2-3-10(15)12(17)16-11-5-4-8(7-14)6-9(11)13/h4-6,10H,2-3,15H2,1H3,(H,16,17). The first-order chi connectivity index (χ1) is 8.08. The Bertz CT molecular complexity index is 454. The molecule has 0 radical (unpaired) electrons. The third kappa shape index (κ3) is 3.74. The van der Waals surface area contributed by atoms with Crippen LogP contribution >= 0.6 is 11.6 Å². The van der Waals surface area contributed by atoms with Crippen LogP contribution in [0, 0.1) is 11.3 Å². The minimum Gasteiger partial charge on any atom is -0.323 e. The molecule has 1 rings (SSSR count). The predicted molar refractivity (Wildman–Crippen MR) is 67.7 cm³/mol. The van der Waals surface area contributed by atoms with Crippen LogP contribution in [0.25, 0.3) is 0 Å². The van der Waals surface area contributed by atoms with E-state index in [4.69, 9.17) is 22.6 Å². The van der Waals surface area contributed by atoms with Gasteiger partial charge >= 0.3 is 0 Å². The zero-order valence-corrected chi connectivity index (χ0v) is 10.3. The number of rotatable bonds is 4. The maximum absolute atomic E-state index is 11.6. The van der Waals surface area contributed by atoms with Gasteiger partial charge in [-0.3, -0.25) is 4.79 Å². The number of benzene rings is 1. The van der Waals surface area contributed by atoms with Crippen molar-refractivity contribution in [1.82, 2.24) is 0 Å². The van der Waals surface area contributed by atoms with Crippen molar-refractivity contribution in [3.63, 3.8) is 0 Å². The smallest absolute Gasteiger partial charge is 0.241 e. The molecule has 0 aliphatic carbocycles. The lowest BCUT2D eigenvalue weighted by Crippen LogP contribution is -2.35. The first-order valence-electron chi connectivity index (χ1n) is 5.34. The zero-order chi connectivity index (χ0) is 12.8. The van der Waals surface area contributed by atoms with Gasteiger partial charge in [0.25, 0.3) is 0 Å². The molecule has 0 fully saturated rings. The highest BCUT2D eigenvalue weighted by Gasteiger charge is 2.13. The zero-order valence-electron chi connectivity index (χ0n) is 9.53. The summed E-state index contributed by atoms with van der Waals surface area (Å²) in [5.74, 6) is -0.265. The maximum atomic E-state index is 11.6. The van der Waals surface area contributed by atoms with E-state index in [-0.39, 0.29) is 5.91 Å². The number of carbonyl (C=O) groups excluding carboxylic acids is 1. The van der Waals surface area contributed by atoms with Crippen molar-refractivity contribution in [2.45, 2.75) is 25.8 Å². The van der Waals surface area contributed by atoms with Crippen molar-refractivity contribution in [2.75, 3.05) is 5.32 Å². The summed E-state index contributed by atoms with van der Waals surface area (Å²) in [7, 11) is 0. The minimum absolute atomic E-state index is 0.265. The Morgan fingerprint density at radius 2 is 2.35 bits per heavy atom. The van der Waals surface area contributed by atoms with Gasteiger partial charge < -0.3 is 11.1 Å². The Labute approximate surface area is 105 Å². The maximum Gasteiger partial charge on any atom is 0.241 e. The number of carbonyl (C=O) groups is 1. The van der Waals surface area contributed by atoms with Crippen molar-refractivity contribution in [3.05, 3.63) is 28.8 Å². The van der Waals surface area contributed by atoms with Crippen LogP contribution in [0.5, 0.6) is 0 Å². The largest absolute Gasteiger partial charge is 0.323 e. The Balaban J connectivity index is 2.76. The topological polar surface area (TPSA) is 78.9 Å². The van der Waals surface area contributed by atoms with E-state index < -0.39 is 6.04 Å². The summed E-state index contributed by atoms with van der Waals surface area (Å²) in [6, 6.07) is 6.12. The summed E-state index contributed by atoms with van der Waals surface area (Å²) >= 11 is 5.93. The third-order valence-corrected chi connectivity index (χ3v) is 2.61. The SMILES string of the molecule is CCCC(N)C(=O)Nc1ccc(C#N)cc1Cl. The van der Waals surface area contributed by atoms with Crippen LogP contribution < -0.4 is 11.1 Å². The van der Waals surface area contributed by atoms with Gasteiger partial charge in [-0.05, 0) is 24.6 Å². The number of amides is 1. The second-order valence-corrected chi connectivity index (χ2v) is 4.10. The van der Waals surface area contributed by atoms with Gasteiger partial charge in [-0.25, -0.2) is 0 Å². The van der Waals surface area contributed by atoms with Gasteiger partial charge in [0.05, 0.1) is 28.4 Å². The Morgan fingerprint density at radius 1 is 1.65 bits per heavy atom. The summed E-state index contributed by atoms with van der Waals surface area (Å²) in [6.07, 6.45) is 1.47. The summed E-state index contributed by atoms with van der Waals surface area (Å²) in [6.45, 7) is 1.96. The number of nitriles is 1. The van der Waals surface area contributed by atoms with E-state index in [9.17, 15) is 4.79 Å². The number of halogens is 1. The molecule has 90 valence electrons. The van der Waals surface area contributed by atoms with E-state index in [0.29, 0.717) is 22.7 Å². The van der Waals surface area contributed by atoms with Gasteiger partial charge in [-0.2, -0.15) is 5.26 Å². The summed E-state index contributed by atoms with van der Waals surface area (Å²) in [5.41, 5.74) is 6.60. The highest BCUT2D eigenvalue weighted by Crippen LogP contribution is 2.22. The highest BCUT2D eigenvalue weighted by molar-refractivity contribution is 6.33. The molecule has 17 heavy (non-hydrogen) atoms. The molecule has 0 saturated carbocycles. The summed E-state index contributed by atoms with van der Waals surface area (Å²) < 4.78 is 0. The average molecular weight is 252 g/mol. The second kappa shape index (κ2) is 6.24. The van der Waals surface area contributed by atoms with Crippen molar-refractivity contribution in [3.8, 4) is 6.07 Å². The van der Waals surface area contributed by atoms with Crippen LogP contribution in [0.3, 0.4) is 0 Å². The second-order valence-electron chi connectivity index (χ2n) is 3.69. The number of nitrogens with two attached hydrogens (primary N) is 1. The first-order valence-corrected chi connectivity index (χ1v) is 5.72. The van der Waals surface area contributed by atoms with E-state index >= 15 is 0 Å². The predicted octanol–water partition coefficient (Wildman–Crippen LogP) is 2.28. The molecule has 3 N–H and O–H groups in total. The molecule has 4 nitrogen and oxygen atoms in total. The van der Waals surface area contributed by atoms with Gasteiger partial charge in [0, 0.05) is 0 Å². The van der Waals surface area contributed by atoms with E-state index in [2.05, 4.69) is 5.32 Å². The molecular formula is C12H14ClN3O. The number of anilines is 1. The fraction of sp³-hybridized carbons (Fsp3) is 0.333. The fourth-order valence-corrected chi connectivity index (χ4v) is 1.58. The van der Waals surface area contributed by atoms with Crippen LogP contribution in [0.1, 0.15) is 25.3 Å². The van der Waals surface area contributed by atoms with Gasteiger partial charge in [0.2, 0.25) is 5.91 Å². The van der Waals surface area contributed by atoms with Crippen LogP contribution in [0.2, 0.25) is 5.02 Å². The first kappa shape index (κ1) is 13.5. The molecule has 1 unspecified atom stereocenters. The molecule has 0 saturated heterocycles. The lowest BCUT2D eigenvalue weighted by atomic mass is 10.1. The van der Waals surface area contributed by atoms with Gasteiger partial charge in [-0.1, -0.05) is 24.9 Å². The molecule has 1 atom stereocenters. The molecule has 1 amide bonds. The van der Waals surface area contributed by atoms with Gasteiger partial charge in [0.1, 0.15) is 0 Å². The third-order valence-electron chi connectivity index (χ3n) is 2.29. The van der Waals surface area contributed by atoms with E-state index in [1.807, 2.05) is 13.0 Å². The Kier molecular flexibility index (Phi) is 4.95. The van der Waals surface area contributed by atoms with Gasteiger partial charge in [0.15, 0.2) is 0 Å². The lowest BCUT2D eigenvalue weighted by Gasteiger charge is -2.12. The highest BCUT2D eigenvalue weighted by atomic mass is 35.5. The van der Waals surface area contributed by atoms with E-state index in [1.165, 1.54) is 6.07 Å². The van der Waals surface area contributed by atoms with Crippen LogP contribution in [0.15, 0.2) is 18.2 Å². The molecule has 0 aromatic heterocycles. The summed E-state index contributed by atoms with van der Waals surface area (Å²) in [5, 5.41) is 11.7. The quantitative estimate of drug-likeness (QED) is 0.862. The normalized spacial score (nSPS) is 11.6. The van der Waals surface area contributed by atoms with Crippen molar-refractivity contribution < 1.29 is 4.79 Å². The number of hydrogen-bond donors (Lipinski definition) is 2. The Hall–Kier alpha value is -1.57. The van der Waals surface area contributed by atoms with Gasteiger partial charge in [-0.15, -0.1) is 0 Å². The number of nitrogens with one attached hydrogen (secondary N) is 1. The Morgan fingerprint density at radius 3 is 2.88 bits per heavy atom. The van der Waals surface area contributed by atoms with Crippen molar-refractivity contribution in [1.29, 1.82) is 5.26 Å². The molecule has 0 heterocycles. The molecule has 0 aliphatic rings. The molecule has 0 bridgehead atoms. The van der Waals surface area contributed by atoms with Crippen LogP contribution in [-0.2, 0) is 4.79 Å². The molecule has 1 aromatic carbocycles. The van der Waals surface area contributed by atoms with Crippen molar-refractivity contribution in [2.24, 2.45) is 5.73 Å². The monoisotopic (exact) mass is 251 g/mol. The van der Waals surface area contributed by atoms with Crippen LogP contribution in [0.4, 0.5) is 5.69 Å². The molecular weight excluding hydrogens is 238 g/mol. The summed E-state index contributed by atoms with van der Waals surface area (Å²) in [4.78, 5) is 11.6. The lowest BCUT2D eigenvalue weighted by molar-refractivity contribution is -0.117. The number of hydrogen-bond acceptors (Lipinski definition) is 3. The number of nitrogens with zero attached hydrogens (tertiary/aromatic N) is 1. The fourth-order valence-electron chi connectivity index (χ4n) is 1.35. The van der Waals surface area contributed by atoms with Crippen LogP contribution in [-0.4, -0.2) is 11.9 Å². The molecule has 0 aliphatic heterocycles. The van der Waals surface area contributed by atoms with E-state index in [1.54, 1.807) is 12.1 Å². The molecule has 1 aromatic rings.